The fraction of sp³-hybridized carbons (Fsp3) is 0.148. The van der Waals surface area contributed by atoms with E-state index in [-0.39, 0.29) is 5.41 Å². The minimum absolute atomic E-state index is 0.00141. The summed E-state index contributed by atoms with van der Waals surface area (Å²) in [6.45, 7) is 4.62. The fourth-order valence-electron chi connectivity index (χ4n) is 4.54. The van der Waals surface area contributed by atoms with Crippen LogP contribution in [-0.2, 0) is 5.41 Å². The molecule has 5 rings (SSSR count). The third-order valence-electron chi connectivity index (χ3n) is 6.03. The molecule has 2 heterocycles. The topological polar surface area (TPSA) is 3.01 Å². The molecule has 0 bridgehead atoms. The third-order valence-corrected chi connectivity index (χ3v) is 7.18. The third kappa shape index (κ3) is 2.90. The number of hydrogen-bond acceptors (Lipinski definition) is 1. The predicted octanol–water partition coefficient (Wildman–Crippen LogP) is 6.85. The summed E-state index contributed by atoms with van der Waals surface area (Å²) in [6.07, 6.45) is 6.77. The Bertz CT molecular complexity index is 1160. The molecule has 0 aliphatic carbocycles. The zero-order chi connectivity index (χ0) is 20.0. The second-order valence-electron chi connectivity index (χ2n) is 8.12. The first-order valence-corrected chi connectivity index (χ1v) is 10.8. The molecule has 29 heavy (non-hydrogen) atoms. The van der Waals surface area contributed by atoms with E-state index < -0.39 is 0 Å². The summed E-state index contributed by atoms with van der Waals surface area (Å²) in [5.74, 6) is 0. The van der Waals surface area contributed by atoms with E-state index in [4.69, 9.17) is 0 Å². The van der Waals surface area contributed by atoms with Gasteiger partial charge in [0.2, 0.25) is 5.69 Å². The van der Waals surface area contributed by atoms with Crippen LogP contribution in [0.15, 0.2) is 101 Å². The number of hydrogen-bond donors (Lipinski definition) is 0. The van der Waals surface area contributed by atoms with Crippen molar-refractivity contribution in [3.63, 3.8) is 0 Å². The molecule has 0 spiro atoms. The van der Waals surface area contributed by atoms with Crippen molar-refractivity contribution >= 4 is 28.7 Å². The maximum Gasteiger partial charge on any atom is 0.209 e. The van der Waals surface area contributed by atoms with Crippen LogP contribution in [0.5, 0.6) is 0 Å². The van der Waals surface area contributed by atoms with Crippen LogP contribution in [0.3, 0.4) is 0 Å². The molecule has 0 aromatic heterocycles. The molecule has 0 N–H and O–H groups in total. The lowest BCUT2D eigenvalue weighted by molar-refractivity contribution is -0.401. The number of rotatable bonds is 2. The highest BCUT2D eigenvalue weighted by Crippen LogP contribution is 2.45. The van der Waals surface area contributed by atoms with E-state index in [0.717, 1.165) is 0 Å². The van der Waals surface area contributed by atoms with Gasteiger partial charge in [0.1, 0.15) is 7.05 Å². The number of allylic oxidation sites excluding steroid dienone is 3. The van der Waals surface area contributed by atoms with Crippen molar-refractivity contribution in [2.75, 3.05) is 7.05 Å². The van der Waals surface area contributed by atoms with Crippen molar-refractivity contribution < 1.29 is 4.58 Å². The van der Waals surface area contributed by atoms with Gasteiger partial charge in [0.25, 0.3) is 0 Å². The van der Waals surface area contributed by atoms with Gasteiger partial charge in [0, 0.05) is 27.5 Å². The van der Waals surface area contributed by atoms with Gasteiger partial charge in [-0.25, -0.2) is 0 Å². The summed E-state index contributed by atoms with van der Waals surface area (Å²) in [4.78, 5) is 2.65. The van der Waals surface area contributed by atoms with Crippen LogP contribution in [0, 0.1) is 0 Å². The molecule has 0 amide bonds. The highest BCUT2D eigenvalue weighted by molar-refractivity contribution is 7.99. The fourth-order valence-corrected chi connectivity index (χ4v) is 5.64. The average Bonchev–Trinajstić information content (AvgIpc) is 2.94. The van der Waals surface area contributed by atoms with Crippen LogP contribution in [-0.4, -0.2) is 17.3 Å². The highest BCUT2D eigenvalue weighted by atomic mass is 32.2. The van der Waals surface area contributed by atoms with Gasteiger partial charge < -0.3 is 0 Å². The Morgan fingerprint density at radius 3 is 2.03 bits per heavy atom. The summed E-state index contributed by atoms with van der Waals surface area (Å²) in [5, 5.41) is 0. The highest BCUT2D eigenvalue weighted by Gasteiger charge is 2.42. The predicted molar refractivity (Wildman–Crippen MR) is 124 cm³/mol. The Balaban J connectivity index is 1.58. The summed E-state index contributed by atoms with van der Waals surface area (Å²) in [6, 6.07) is 26.1. The molecule has 1 nitrogen and oxygen atoms in total. The quantitative estimate of drug-likeness (QED) is 0.336. The van der Waals surface area contributed by atoms with Crippen molar-refractivity contribution in [3.05, 3.63) is 108 Å². The Morgan fingerprint density at radius 1 is 0.793 bits per heavy atom. The lowest BCUT2D eigenvalue weighted by Gasteiger charge is -2.21. The van der Waals surface area contributed by atoms with E-state index in [1.807, 2.05) is 11.8 Å². The van der Waals surface area contributed by atoms with E-state index in [1.165, 1.54) is 43.5 Å². The monoisotopic (exact) mass is 394 g/mol. The maximum absolute atomic E-state index is 2.32. The standard InChI is InChI=1S/C27H24NS/c1-27(2)22-14-6-7-15-23(22)28(3)26(27)18-10-13-19-20-11-4-8-16-24(20)29-25-17-9-5-12-21(19)25/h4-18H,1-3H3/q+1/b18-10+. The van der Waals surface area contributed by atoms with Crippen LogP contribution in [0.1, 0.15) is 30.5 Å². The van der Waals surface area contributed by atoms with Crippen molar-refractivity contribution in [2.24, 2.45) is 0 Å². The van der Waals surface area contributed by atoms with Gasteiger partial charge in [-0.05, 0) is 42.7 Å². The molecule has 0 atom stereocenters. The lowest BCUT2D eigenvalue weighted by Crippen LogP contribution is -2.26. The lowest BCUT2D eigenvalue weighted by atomic mass is 9.81. The molecule has 0 radical (unpaired) electrons. The molecule has 2 aliphatic heterocycles. The Labute approximate surface area is 177 Å². The number of para-hydroxylation sites is 1. The second kappa shape index (κ2) is 6.89. The molecule has 0 fully saturated rings. The molecule has 0 saturated heterocycles. The van der Waals surface area contributed by atoms with Gasteiger partial charge in [0.05, 0.1) is 5.41 Å². The van der Waals surface area contributed by atoms with E-state index >= 15 is 0 Å². The average molecular weight is 395 g/mol. The molecule has 2 heteroatoms. The Hall–Kier alpha value is -2.84. The second-order valence-corrected chi connectivity index (χ2v) is 9.20. The van der Waals surface area contributed by atoms with Crippen LogP contribution in [0.2, 0.25) is 0 Å². The maximum atomic E-state index is 2.32. The number of nitrogens with zero attached hydrogens (tertiary/aromatic N) is 1. The number of benzene rings is 3. The van der Waals surface area contributed by atoms with Gasteiger partial charge in [-0.15, -0.1) is 0 Å². The van der Waals surface area contributed by atoms with Gasteiger partial charge in [-0.1, -0.05) is 78.5 Å². The molecule has 2 aliphatic rings. The minimum Gasteiger partial charge on any atom is -0.198 e. The van der Waals surface area contributed by atoms with Gasteiger partial charge in [-0.3, -0.25) is 0 Å². The normalized spacial score (nSPS) is 16.6. The van der Waals surface area contributed by atoms with Gasteiger partial charge >= 0.3 is 0 Å². The first-order valence-electron chi connectivity index (χ1n) is 10.0. The van der Waals surface area contributed by atoms with Crippen LogP contribution >= 0.6 is 11.8 Å². The van der Waals surface area contributed by atoms with Crippen LogP contribution in [0.4, 0.5) is 5.69 Å². The zero-order valence-corrected chi connectivity index (χ0v) is 17.8. The minimum atomic E-state index is -0.00141. The molecule has 0 unspecified atom stereocenters. The molecule has 0 saturated carbocycles. The van der Waals surface area contributed by atoms with Crippen molar-refractivity contribution in [1.82, 2.24) is 0 Å². The van der Waals surface area contributed by atoms with E-state index in [2.05, 4.69) is 116 Å². The first kappa shape index (κ1) is 18.2. The van der Waals surface area contributed by atoms with Crippen LogP contribution < -0.4 is 0 Å². The van der Waals surface area contributed by atoms with Gasteiger partial charge in [-0.2, -0.15) is 4.58 Å². The Kier molecular flexibility index (Phi) is 4.33. The van der Waals surface area contributed by atoms with E-state index in [9.17, 15) is 0 Å². The molecular formula is C27H24NS+. The van der Waals surface area contributed by atoms with Crippen molar-refractivity contribution in [1.29, 1.82) is 0 Å². The van der Waals surface area contributed by atoms with Crippen LogP contribution in [0.25, 0.3) is 5.57 Å². The Morgan fingerprint density at radius 2 is 1.38 bits per heavy atom. The summed E-state index contributed by atoms with van der Waals surface area (Å²) in [5.41, 5.74) is 7.93. The summed E-state index contributed by atoms with van der Waals surface area (Å²) < 4.78 is 2.32. The molecule has 3 aromatic rings. The van der Waals surface area contributed by atoms with Crippen molar-refractivity contribution in [2.45, 2.75) is 29.1 Å². The molecule has 142 valence electrons. The number of fused-ring (bicyclic) bond motifs is 3. The summed E-state index contributed by atoms with van der Waals surface area (Å²) >= 11 is 1.86. The summed E-state index contributed by atoms with van der Waals surface area (Å²) in [7, 11) is 2.17. The van der Waals surface area contributed by atoms with E-state index in [1.54, 1.807) is 0 Å². The molecular weight excluding hydrogens is 370 g/mol. The smallest absolute Gasteiger partial charge is 0.198 e. The largest absolute Gasteiger partial charge is 0.209 e. The SMILES string of the molecule is C[N+]1=C(/C=C/C=C2c3ccccc3Sc3ccccc32)C(C)(C)c2ccccc21. The van der Waals surface area contributed by atoms with Gasteiger partial charge in [0.15, 0.2) is 5.71 Å². The zero-order valence-electron chi connectivity index (χ0n) is 17.0. The van der Waals surface area contributed by atoms with Crippen molar-refractivity contribution in [3.8, 4) is 0 Å². The van der Waals surface area contributed by atoms with E-state index in [0.29, 0.717) is 0 Å². The molecule has 3 aromatic carbocycles. The first-order chi connectivity index (χ1) is 14.1.